The summed E-state index contributed by atoms with van der Waals surface area (Å²) in [7, 11) is 0. The monoisotopic (exact) mass is 173 g/mol. The lowest BCUT2D eigenvalue weighted by Gasteiger charge is -2.04. The van der Waals surface area contributed by atoms with Crippen LogP contribution in [0.15, 0.2) is 12.2 Å². The average Bonchev–Trinajstić information content (AvgIpc) is 1.97. The van der Waals surface area contributed by atoms with E-state index in [-0.39, 0.29) is 5.57 Å². The molecule has 0 N–H and O–H groups in total. The smallest absolute Gasteiger partial charge is 0.0668 e. The molecule has 0 aromatic carbocycles. The number of thioether (sulfide) groups is 1. The molecule has 0 amide bonds. The van der Waals surface area contributed by atoms with Gasteiger partial charge in [0, 0.05) is 0 Å². The van der Waals surface area contributed by atoms with Crippen LogP contribution in [0, 0.1) is 0 Å². The van der Waals surface area contributed by atoms with E-state index in [0.717, 1.165) is 17.9 Å². The number of hydrogen-bond acceptors (Lipinski definition) is 3. The first-order valence-corrected chi connectivity index (χ1v) is 4.80. The minimum atomic E-state index is -1.12. The number of carboxylic acids is 1. The highest BCUT2D eigenvalue weighted by Gasteiger charge is 1.94. The molecule has 0 spiro atoms. The molecule has 0 aliphatic rings. The normalized spacial score (nSPS) is 9.55. The van der Waals surface area contributed by atoms with Crippen molar-refractivity contribution in [1.29, 1.82) is 0 Å². The summed E-state index contributed by atoms with van der Waals surface area (Å²) in [5.74, 6) is 0.965. The van der Waals surface area contributed by atoms with Gasteiger partial charge in [-0.05, 0) is 29.9 Å². The molecule has 0 heterocycles. The fraction of sp³-hybridized carbons (Fsp3) is 0.625. The van der Waals surface area contributed by atoms with Gasteiger partial charge in [-0.15, -0.1) is 0 Å². The number of aliphatic carboxylic acids is 1. The third-order valence-corrected chi connectivity index (χ3v) is 2.25. The second-order valence-corrected chi connectivity index (χ2v) is 3.59. The van der Waals surface area contributed by atoms with Gasteiger partial charge in [-0.25, -0.2) is 0 Å². The van der Waals surface area contributed by atoms with Gasteiger partial charge in [0.15, 0.2) is 0 Å². The zero-order chi connectivity index (χ0) is 8.69. The van der Waals surface area contributed by atoms with Crippen molar-refractivity contribution in [2.45, 2.75) is 19.8 Å². The molecule has 64 valence electrons. The molecule has 2 nitrogen and oxygen atoms in total. The summed E-state index contributed by atoms with van der Waals surface area (Å²) in [5, 5.41) is 10.1. The molecule has 0 atom stereocenters. The molecule has 0 unspecified atom stereocenters. The zero-order valence-corrected chi connectivity index (χ0v) is 7.58. The van der Waals surface area contributed by atoms with E-state index in [9.17, 15) is 9.90 Å². The fourth-order valence-electron chi connectivity index (χ4n) is 0.634. The van der Waals surface area contributed by atoms with Crippen LogP contribution in [0.4, 0.5) is 0 Å². The van der Waals surface area contributed by atoms with Crippen molar-refractivity contribution in [3.05, 3.63) is 12.2 Å². The minimum Gasteiger partial charge on any atom is -0.545 e. The lowest BCUT2D eigenvalue weighted by atomic mass is 10.2. The Morgan fingerprint density at radius 2 is 2.27 bits per heavy atom. The maximum atomic E-state index is 10.1. The van der Waals surface area contributed by atoms with Crippen LogP contribution in [0.25, 0.3) is 0 Å². The number of carboxylic acid groups (broad SMARTS) is 1. The number of carbonyl (C=O) groups excluding carboxylic acids is 1. The Hall–Kier alpha value is -0.440. The van der Waals surface area contributed by atoms with Crippen molar-refractivity contribution in [1.82, 2.24) is 0 Å². The first-order valence-electron chi connectivity index (χ1n) is 3.65. The van der Waals surface area contributed by atoms with Gasteiger partial charge < -0.3 is 9.90 Å². The first kappa shape index (κ1) is 10.6. The highest BCUT2D eigenvalue weighted by atomic mass is 32.2. The van der Waals surface area contributed by atoms with Crippen molar-refractivity contribution in [2.75, 3.05) is 11.5 Å². The Bertz CT molecular complexity index is 143. The van der Waals surface area contributed by atoms with Gasteiger partial charge >= 0.3 is 0 Å². The van der Waals surface area contributed by atoms with Crippen LogP contribution in [0.5, 0.6) is 0 Å². The topological polar surface area (TPSA) is 40.1 Å². The SMILES string of the molecule is C=C(CCCSCC)C(=O)[O-]. The van der Waals surface area contributed by atoms with Gasteiger partial charge in [0.2, 0.25) is 0 Å². The van der Waals surface area contributed by atoms with Crippen LogP contribution >= 0.6 is 11.8 Å². The summed E-state index contributed by atoms with van der Waals surface area (Å²) < 4.78 is 0. The molecule has 11 heavy (non-hydrogen) atoms. The Labute approximate surface area is 71.7 Å². The lowest BCUT2D eigenvalue weighted by Crippen LogP contribution is -2.23. The van der Waals surface area contributed by atoms with Gasteiger partial charge in [0.1, 0.15) is 0 Å². The van der Waals surface area contributed by atoms with Crippen LogP contribution in [0.1, 0.15) is 19.8 Å². The number of rotatable bonds is 6. The van der Waals surface area contributed by atoms with Crippen molar-refractivity contribution in [3.63, 3.8) is 0 Å². The molecule has 0 fully saturated rings. The second kappa shape index (κ2) is 6.28. The Balaban J connectivity index is 3.25. The number of carbonyl (C=O) groups is 1. The molecule has 0 aromatic rings. The predicted molar refractivity (Wildman–Crippen MR) is 46.4 cm³/mol. The molecule has 0 saturated heterocycles. The molecule has 0 radical (unpaired) electrons. The predicted octanol–water partition coefficient (Wildman–Crippen LogP) is 0.826. The van der Waals surface area contributed by atoms with Crippen LogP contribution < -0.4 is 5.11 Å². The largest absolute Gasteiger partial charge is 0.545 e. The third kappa shape index (κ3) is 5.98. The molecular formula is C8H13O2S-. The summed E-state index contributed by atoms with van der Waals surface area (Å²) >= 11 is 1.81. The molecule has 3 heteroatoms. The molecule has 0 bridgehead atoms. The van der Waals surface area contributed by atoms with Gasteiger partial charge in [0.25, 0.3) is 0 Å². The van der Waals surface area contributed by atoms with Crippen molar-refractivity contribution in [2.24, 2.45) is 0 Å². The quantitative estimate of drug-likeness (QED) is 0.441. The summed E-state index contributed by atoms with van der Waals surface area (Å²) in [4.78, 5) is 10.1. The highest BCUT2D eigenvalue weighted by molar-refractivity contribution is 7.99. The Morgan fingerprint density at radius 3 is 2.73 bits per heavy atom. The van der Waals surface area contributed by atoms with E-state index < -0.39 is 5.97 Å². The maximum absolute atomic E-state index is 10.1. The molecule has 0 aliphatic carbocycles. The summed E-state index contributed by atoms with van der Waals surface area (Å²) in [6.45, 7) is 5.46. The minimum absolute atomic E-state index is 0.210. The van der Waals surface area contributed by atoms with Crippen LogP contribution in [0.2, 0.25) is 0 Å². The summed E-state index contributed by atoms with van der Waals surface area (Å²) in [6.07, 6.45) is 1.43. The maximum Gasteiger partial charge on any atom is 0.0668 e. The zero-order valence-electron chi connectivity index (χ0n) is 6.76. The Morgan fingerprint density at radius 1 is 1.64 bits per heavy atom. The first-order chi connectivity index (χ1) is 5.18. The van der Waals surface area contributed by atoms with Crippen molar-refractivity contribution < 1.29 is 9.90 Å². The van der Waals surface area contributed by atoms with Crippen molar-refractivity contribution in [3.8, 4) is 0 Å². The number of hydrogen-bond donors (Lipinski definition) is 0. The average molecular weight is 173 g/mol. The van der Waals surface area contributed by atoms with E-state index in [2.05, 4.69) is 13.5 Å². The van der Waals surface area contributed by atoms with Crippen LogP contribution in [-0.4, -0.2) is 17.5 Å². The van der Waals surface area contributed by atoms with E-state index in [1.165, 1.54) is 0 Å². The molecule has 0 saturated carbocycles. The standard InChI is InChI=1S/C8H14O2S/c1-3-11-6-4-5-7(2)8(9)10/h2-6H2,1H3,(H,9,10)/p-1. The van der Waals surface area contributed by atoms with E-state index in [1.807, 2.05) is 11.8 Å². The Kier molecular flexibility index (Phi) is 6.03. The van der Waals surface area contributed by atoms with Gasteiger partial charge in [-0.1, -0.05) is 13.5 Å². The van der Waals surface area contributed by atoms with Gasteiger partial charge in [0.05, 0.1) is 5.97 Å². The lowest BCUT2D eigenvalue weighted by molar-refractivity contribution is -0.299. The van der Waals surface area contributed by atoms with E-state index in [0.29, 0.717) is 6.42 Å². The summed E-state index contributed by atoms with van der Waals surface area (Å²) in [6, 6.07) is 0. The van der Waals surface area contributed by atoms with Crippen LogP contribution in [-0.2, 0) is 4.79 Å². The summed E-state index contributed by atoms with van der Waals surface area (Å²) in [5.41, 5.74) is 0.210. The van der Waals surface area contributed by atoms with Gasteiger partial charge in [-0.3, -0.25) is 0 Å². The van der Waals surface area contributed by atoms with E-state index in [4.69, 9.17) is 0 Å². The van der Waals surface area contributed by atoms with E-state index in [1.54, 1.807) is 0 Å². The molecule has 0 rings (SSSR count). The van der Waals surface area contributed by atoms with Gasteiger partial charge in [-0.2, -0.15) is 11.8 Å². The second-order valence-electron chi connectivity index (χ2n) is 2.19. The fourth-order valence-corrected chi connectivity index (χ4v) is 1.27. The molecule has 0 aromatic heterocycles. The third-order valence-electron chi connectivity index (χ3n) is 1.26. The van der Waals surface area contributed by atoms with Crippen molar-refractivity contribution >= 4 is 17.7 Å². The molecular weight excluding hydrogens is 160 g/mol. The van der Waals surface area contributed by atoms with Crippen LogP contribution in [0.3, 0.4) is 0 Å². The van der Waals surface area contributed by atoms with E-state index >= 15 is 0 Å². The molecule has 0 aliphatic heterocycles. The highest BCUT2D eigenvalue weighted by Crippen LogP contribution is 2.07.